The van der Waals surface area contributed by atoms with E-state index in [1.165, 1.54) is 23.9 Å². The quantitative estimate of drug-likeness (QED) is 0.648. The van der Waals surface area contributed by atoms with Crippen LogP contribution >= 0.6 is 35.0 Å². The summed E-state index contributed by atoms with van der Waals surface area (Å²) >= 11 is 13.0. The Morgan fingerprint density at radius 3 is 2.00 bits per heavy atom. The first kappa shape index (κ1) is 14.1. The van der Waals surface area contributed by atoms with E-state index < -0.39 is 5.82 Å². The van der Waals surface area contributed by atoms with Crippen molar-refractivity contribution < 1.29 is 4.39 Å². The van der Waals surface area contributed by atoms with E-state index in [1.807, 2.05) is 20.8 Å². The molecule has 0 aliphatic rings. The van der Waals surface area contributed by atoms with E-state index in [2.05, 4.69) is 0 Å². The second-order valence-corrected chi connectivity index (χ2v) is 4.22. The van der Waals surface area contributed by atoms with Gasteiger partial charge in [-0.25, -0.2) is 4.39 Å². The SMILES string of the molecule is CC.CCSc1c(Cl)cc(F)cc1Cl. The zero-order chi connectivity index (χ0) is 11.1. The lowest BCUT2D eigenvalue weighted by atomic mass is 10.3. The van der Waals surface area contributed by atoms with Crippen LogP contribution in [0.5, 0.6) is 0 Å². The Kier molecular flexibility index (Phi) is 7.42. The molecule has 14 heavy (non-hydrogen) atoms. The van der Waals surface area contributed by atoms with Crippen molar-refractivity contribution >= 4 is 35.0 Å². The molecular formula is C10H13Cl2FS. The van der Waals surface area contributed by atoms with Crippen molar-refractivity contribution in [1.29, 1.82) is 0 Å². The van der Waals surface area contributed by atoms with Gasteiger partial charge in [0.2, 0.25) is 0 Å². The Morgan fingerprint density at radius 2 is 1.64 bits per heavy atom. The molecular weight excluding hydrogens is 242 g/mol. The Morgan fingerprint density at radius 1 is 1.21 bits per heavy atom. The second kappa shape index (κ2) is 7.38. The number of thioether (sulfide) groups is 1. The fraction of sp³-hybridized carbons (Fsp3) is 0.400. The molecule has 0 bridgehead atoms. The van der Waals surface area contributed by atoms with Crippen LogP contribution < -0.4 is 0 Å². The fourth-order valence-electron chi connectivity index (χ4n) is 0.811. The van der Waals surface area contributed by atoms with Gasteiger partial charge in [-0.1, -0.05) is 44.0 Å². The molecule has 0 amide bonds. The van der Waals surface area contributed by atoms with Crippen molar-refractivity contribution in [1.82, 2.24) is 0 Å². The van der Waals surface area contributed by atoms with Crippen molar-refractivity contribution in [2.24, 2.45) is 0 Å². The van der Waals surface area contributed by atoms with Crippen LogP contribution in [0.4, 0.5) is 4.39 Å². The maximum absolute atomic E-state index is 12.7. The molecule has 0 saturated heterocycles. The normalized spacial score (nSPS) is 9.29. The lowest BCUT2D eigenvalue weighted by Gasteiger charge is -2.04. The van der Waals surface area contributed by atoms with Gasteiger partial charge in [0, 0.05) is 4.90 Å². The number of benzene rings is 1. The van der Waals surface area contributed by atoms with Gasteiger partial charge in [0.05, 0.1) is 10.0 Å². The van der Waals surface area contributed by atoms with Gasteiger partial charge in [-0.2, -0.15) is 0 Å². The smallest absolute Gasteiger partial charge is 0.126 e. The molecule has 0 spiro atoms. The Labute approximate surface area is 98.8 Å². The van der Waals surface area contributed by atoms with E-state index in [1.54, 1.807) is 0 Å². The summed E-state index contributed by atoms with van der Waals surface area (Å²) in [7, 11) is 0. The van der Waals surface area contributed by atoms with Crippen LogP contribution in [0.1, 0.15) is 20.8 Å². The van der Waals surface area contributed by atoms with Crippen LogP contribution in [0.3, 0.4) is 0 Å². The zero-order valence-corrected chi connectivity index (χ0v) is 10.7. The summed E-state index contributed by atoms with van der Waals surface area (Å²) in [6.45, 7) is 5.99. The predicted molar refractivity (Wildman–Crippen MR) is 64.2 cm³/mol. The largest absolute Gasteiger partial charge is 0.207 e. The molecule has 0 fully saturated rings. The van der Waals surface area contributed by atoms with Gasteiger partial charge < -0.3 is 0 Å². The second-order valence-electron chi connectivity index (χ2n) is 2.13. The summed E-state index contributed by atoms with van der Waals surface area (Å²) in [6, 6.07) is 2.54. The topological polar surface area (TPSA) is 0 Å². The third kappa shape index (κ3) is 4.07. The first-order chi connectivity index (χ1) is 6.65. The average molecular weight is 255 g/mol. The summed E-state index contributed by atoms with van der Waals surface area (Å²) in [5.74, 6) is 0.468. The lowest BCUT2D eigenvalue weighted by molar-refractivity contribution is 0.627. The Hall–Kier alpha value is 0.0800. The first-order valence-electron chi connectivity index (χ1n) is 4.42. The molecule has 4 heteroatoms. The Bertz CT molecular complexity index is 266. The fourth-order valence-corrected chi connectivity index (χ4v) is 2.28. The van der Waals surface area contributed by atoms with Crippen LogP contribution in [-0.4, -0.2) is 5.75 Å². The average Bonchev–Trinajstić information content (AvgIpc) is 2.14. The van der Waals surface area contributed by atoms with E-state index in [-0.39, 0.29) is 0 Å². The van der Waals surface area contributed by atoms with E-state index in [0.717, 1.165) is 10.6 Å². The summed E-state index contributed by atoms with van der Waals surface area (Å²) in [6.07, 6.45) is 0. The number of rotatable bonds is 2. The summed E-state index contributed by atoms with van der Waals surface area (Å²) in [4.78, 5) is 0.752. The van der Waals surface area contributed by atoms with E-state index in [9.17, 15) is 4.39 Å². The number of hydrogen-bond donors (Lipinski definition) is 0. The van der Waals surface area contributed by atoms with Crippen molar-refractivity contribution in [2.45, 2.75) is 25.7 Å². The number of hydrogen-bond acceptors (Lipinski definition) is 1. The van der Waals surface area contributed by atoms with Crippen LogP contribution in [0.25, 0.3) is 0 Å². The van der Waals surface area contributed by atoms with Crippen molar-refractivity contribution in [3.63, 3.8) is 0 Å². The van der Waals surface area contributed by atoms with Crippen molar-refractivity contribution in [2.75, 3.05) is 5.75 Å². The van der Waals surface area contributed by atoms with Gasteiger partial charge in [0.25, 0.3) is 0 Å². The molecule has 0 aromatic heterocycles. The highest BCUT2D eigenvalue weighted by molar-refractivity contribution is 7.99. The highest BCUT2D eigenvalue weighted by Crippen LogP contribution is 2.34. The minimum Gasteiger partial charge on any atom is -0.207 e. The van der Waals surface area contributed by atoms with Gasteiger partial charge in [-0.15, -0.1) is 11.8 Å². The summed E-state index contributed by atoms with van der Waals surface area (Å²) in [5.41, 5.74) is 0. The molecule has 0 saturated carbocycles. The van der Waals surface area contributed by atoms with Crippen LogP contribution in [0, 0.1) is 5.82 Å². The van der Waals surface area contributed by atoms with Gasteiger partial charge in [-0.3, -0.25) is 0 Å². The minimum atomic E-state index is -0.398. The molecule has 1 rings (SSSR count). The van der Waals surface area contributed by atoms with Crippen molar-refractivity contribution in [3.8, 4) is 0 Å². The van der Waals surface area contributed by atoms with E-state index in [0.29, 0.717) is 10.0 Å². The molecule has 0 nitrogen and oxygen atoms in total. The lowest BCUT2D eigenvalue weighted by Crippen LogP contribution is -1.81. The van der Waals surface area contributed by atoms with Gasteiger partial charge in [0.1, 0.15) is 5.82 Å². The molecule has 0 N–H and O–H groups in total. The van der Waals surface area contributed by atoms with Crippen LogP contribution in [-0.2, 0) is 0 Å². The first-order valence-corrected chi connectivity index (χ1v) is 6.16. The molecule has 1 aromatic rings. The molecule has 0 aliphatic heterocycles. The minimum absolute atomic E-state index is 0.381. The van der Waals surface area contributed by atoms with Gasteiger partial charge in [0.15, 0.2) is 0 Å². The van der Waals surface area contributed by atoms with Gasteiger partial charge >= 0.3 is 0 Å². The highest BCUT2D eigenvalue weighted by Gasteiger charge is 2.07. The van der Waals surface area contributed by atoms with Crippen LogP contribution in [0.15, 0.2) is 17.0 Å². The van der Waals surface area contributed by atoms with Crippen LogP contribution in [0.2, 0.25) is 10.0 Å². The third-order valence-electron chi connectivity index (χ3n) is 1.25. The molecule has 0 heterocycles. The molecule has 0 atom stereocenters. The monoisotopic (exact) mass is 254 g/mol. The molecule has 80 valence electrons. The summed E-state index contributed by atoms with van der Waals surface area (Å²) in [5, 5.41) is 0.763. The molecule has 0 radical (unpaired) electrons. The zero-order valence-electron chi connectivity index (χ0n) is 8.40. The molecule has 0 unspecified atom stereocenters. The molecule has 1 aromatic carbocycles. The summed E-state index contributed by atoms with van der Waals surface area (Å²) < 4.78 is 12.7. The van der Waals surface area contributed by atoms with Crippen molar-refractivity contribution in [3.05, 3.63) is 28.0 Å². The van der Waals surface area contributed by atoms with E-state index >= 15 is 0 Å². The van der Waals surface area contributed by atoms with Gasteiger partial charge in [-0.05, 0) is 17.9 Å². The van der Waals surface area contributed by atoms with E-state index in [4.69, 9.17) is 23.2 Å². The Balaban J connectivity index is 0.000000791. The standard InChI is InChI=1S/C8H7Cl2FS.C2H6/c1-2-12-8-6(9)3-5(11)4-7(8)10;1-2/h3-4H,2H2,1H3;1-2H3. The highest BCUT2D eigenvalue weighted by atomic mass is 35.5. The number of halogens is 3. The maximum atomic E-state index is 12.7. The third-order valence-corrected chi connectivity index (χ3v) is 3.09. The maximum Gasteiger partial charge on any atom is 0.126 e. The molecule has 0 aliphatic carbocycles. The predicted octanol–water partition coefficient (Wildman–Crippen LogP) is 5.27.